The van der Waals surface area contributed by atoms with Crippen LogP contribution in [0.3, 0.4) is 0 Å². The average molecular weight is 252 g/mol. The summed E-state index contributed by atoms with van der Waals surface area (Å²) in [6, 6.07) is 9.94. The summed E-state index contributed by atoms with van der Waals surface area (Å²) >= 11 is 5.92. The zero-order valence-corrected chi connectivity index (χ0v) is 9.96. The molecule has 2 nitrogen and oxygen atoms in total. The van der Waals surface area contributed by atoms with Crippen LogP contribution in [-0.4, -0.2) is 7.11 Å². The van der Waals surface area contributed by atoms with Crippen molar-refractivity contribution in [2.24, 2.45) is 0 Å². The van der Waals surface area contributed by atoms with Crippen molar-refractivity contribution in [2.45, 2.75) is 0 Å². The Kier molecular flexibility index (Phi) is 3.20. The lowest BCUT2D eigenvalue weighted by Gasteiger charge is -2.07. The summed E-state index contributed by atoms with van der Waals surface area (Å²) in [4.78, 5) is 0. The summed E-state index contributed by atoms with van der Waals surface area (Å²) in [6.07, 6.45) is 0. The highest BCUT2D eigenvalue weighted by Gasteiger charge is 2.06. The average Bonchev–Trinajstić information content (AvgIpc) is 2.33. The molecule has 0 aliphatic heterocycles. The van der Waals surface area contributed by atoms with Gasteiger partial charge in [-0.1, -0.05) is 23.7 Å². The standard InChI is InChI=1S/C13H11ClFNO/c1-17-13-7-9(2-4-10(13)14)8-3-5-12(16)11(15)6-8/h2-7H,16H2,1H3. The Morgan fingerprint density at radius 3 is 2.41 bits per heavy atom. The molecular formula is C13H11ClFNO. The number of benzene rings is 2. The fraction of sp³-hybridized carbons (Fsp3) is 0.0769. The van der Waals surface area contributed by atoms with Gasteiger partial charge in [0.05, 0.1) is 17.8 Å². The molecule has 0 aromatic heterocycles. The van der Waals surface area contributed by atoms with Crippen LogP contribution in [0.2, 0.25) is 5.02 Å². The molecule has 0 spiro atoms. The van der Waals surface area contributed by atoms with E-state index in [1.165, 1.54) is 19.2 Å². The normalized spacial score (nSPS) is 10.3. The second kappa shape index (κ2) is 4.63. The smallest absolute Gasteiger partial charge is 0.146 e. The van der Waals surface area contributed by atoms with E-state index >= 15 is 0 Å². The van der Waals surface area contributed by atoms with Gasteiger partial charge in [-0.05, 0) is 35.4 Å². The van der Waals surface area contributed by atoms with E-state index in [2.05, 4.69) is 0 Å². The summed E-state index contributed by atoms with van der Waals surface area (Å²) in [6.45, 7) is 0. The molecule has 17 heavy (non-hydrogen) atoms. The number of ether oxygens (including phenoxy) is 1. The molecule has 0 fully saturated rings. The minimum atomic E-state index is -0.434. The highest BCUT2D eigenvalue weighted by molar-refractivity contribution is 6.32. The zero-order chi connectivity index (χ0) is 12.4. The molecule has 2 N–H and O–H groups in total. The van der Waals surface area contributed by atoms with Crippen molar-refractivity contribution >= 4 is 17.3 Å². The lowest BCUT2D eigenvalue weighted by atomic mass is 10.0. The third-order valence-electron chi connectivity index (χ3n) is 2.48. The van der Waals surface area contributed by atoms with Crippen molar-refractivity contribution in [1.82, 2.24) is 0 Å². The van der Waals surface area contributed by atoms with Crippen molar-refractivity contribution in [2.75, 3.05) is 12.8 Å². The molecule has 0 saturated heterocycles. The number of nitrogens with two attached hydrogens (primary N) is 1. The fourth-order valence-corrected chi connectivity index (χ4v) is 1.74. The van der Waals surface area contributed by atoms with Crippen LogP contribution in [0.1, 0.15) is 0 Å². The Bertz CT molecular complexity index is 557. The second-order valence-corrected chi connectivity index (χ2v) is 3.99. The van der Waals surface area contributed by atoms with E-state index < -0.39 is 5.82 Å². The molecule has 0 heterocycles. The minimum Gasteiger partial charge on any atom is -0.495 e. The monoisotopic (exact) mass is 251 g/mol. The fourth-order valence-electron chi connectivity index (χ4n) is 1.55. The molecule has 4 heteroatoms. The van der Waals surface area contributed by atoms with Crippen LogP contribution >= 0.6 is 11.6 Å². The molecule has 88 valence electrons. The van der Waals surface area contributed by atoms with Crippen molar-refractivity contribution < 1.29 is 9.13 Å². The second-order valence-electron chi connectivity index (χ2n) is 3.59. The predicted octanol–water partition coefficient (Wildman–Crippen LogP) is 3.74. The first-order chi connectivity index (χ1) is 8.11. The van der Waals surface area contributed by atoms with Gasteiger partial charge in [-0.2, -0.15) is 0 Å². The molecular weight excluding hydrogens is 241 g/mol. The van der Waals surface area contributed by atoms with Crippen molar-refractivity contribution in [3.8, 4) is 16.9 Å². The first-order valence-corrected chi connectivity index (χ1v) is 5.38. The molecule has 0 unspecified atom stereocenters. The van der Waals surface area contributed by atoms with Gasteiger partial charge >= 0.3 is 0 Å². The van der Waals surface area contributed by atoms with Gasteiger partial charge < -0.3 is 10.5 Å². The van der Waals surface area contributed by atoms with Crippen LogP contribution in [0.4, 0.5) is 10.1 Å². The Hall–Kier alpha value is -1.74. The summed E-state index contributed by atoms with van der Waals surface area (Å²) < 4.78 is 18.5. The van der Waals surface area contributed by atoms with Gasteiger partial charge in [-0.3, -0.25) is 0 Å². The van der Waals surface area contributed by atoms with Crippen molar-refractivity contribution in [1.29, 1.82) is 0 Å². The molecule has 0 saturated carbocycles. The molecule has 0 aliphatic carbocycles. The number of hydrogen-bond donors (Lipinski definition) is 1. The Labute approximate surface area is 104 Å². The minimum absolute atomic E-state index is 0.134. The van der Waals surface area contributed by atoms with Crippen LogP contribution in [0.15, 0.2) is 36.4 Å². The van der Waals surface area contributed by atoms with E-state index in [1.807, 2.05) is 0 Å². The van der Waals surface area contributed by atoms with Gasteiger partial charge in [0.25, 0.3) is 0 Å². The largest absolute Gasteiger partial charge is 0.495 e. The van der Waals surface area contributed by atoms with Crippen LogP contribution in [0.25, 0.3) is 11.1 Å². The van der Waals surface area contributed by atoms with E-state index in [4.69, 9.17) is 22.1 Å². The van der Waals surface area contributed by atoms with Gasteiger partial charge in [0.1, 0.15) is 11.6 Å². The number of hydrogen-bond acceptors (Lipinski definition) is 2. The Morgan fingerprint density at radius 2 is 1.76 bits per heavy atom. The number of halogens is 2. The summed E-state index contributed by atoms with van der Waals surface area (Å²) in [5, 5.41) is 0.521. The molecule has 0 aliphatic rings. The van der Waals surface area contributed by atoms with E-state index in [-0.39, 0.29) is 5.69 Å². The molecule has 2 aromatic carbocycles. The highest BCUT2D eigenvalue weighted by atomic mass is 35.5. The SMILES string of the molecule is COc1cc(-c2ccc(N)c(F)c2)ccc1Cl. The third kappa shape index (κ3) is 2.34. The zero-order valence-electron chi connectivity index (χ0n) is 9.21. The van der Waals surface area contributed by atoms with Crippen molar-refractivity contribution in [3.63, 3.8) is 0 Å². The topological polar surface area (TPSA) is 35.2 Å². The van der Waals surface area contributed by atoms with E-state index in [1.54, 1.807) is 24.3 Å². The van der Waals surface area contributed by atoms with Crippen LogP contribution in [0.5, 0.6) is 5.75 Å². The van der Waals surface area contributed by atoms with E-state index in [0.29, 0.717) is 10.8 Å². The maximum Gasteiger partial charge on any atom is 0.146 e. The quantitative estimate of drug-likeness (QED) is 0.826. The van der Waals surface area contributed by atoms with Gasteiger partial charge in [0, 0.05) is 0 Å². The highest BCUT2D eigenvalue weighted by Crippen LogP contribution is 2.31. The Balaban J connectivity index is 2.49. The molecule has 0 radical (unpaired) electrons. The van der Waals surface area contributed by atoms with Gasteiger partial charge in [-0.15, -0.1) is 0 Å². The molecule has 2 rings (SSSR count). The first kappa shape index (κ1) is 11.7. The number of methoxy groups -OCH3 is 1. The molecule has 2 aromatic rings. The van der Waals surface area contributed by atoms with Gasteiger partial charge in [-0.25, -0.2) is 4.39 Å². The van der Waals surface area contributed by atoms with Gasteiger partial charge in [0.15, 0.2) is 0 Å². The first-order valence-electron chi connectivity index (χ1n) is 5.01. The maximum atomic E-state index is 13.3. The number of anilines is 1. The Morgan fingerprint density at radius 1 is 1.12 bits per heavy atom. The van der Waals surface area contributed by atoms with Crippen LogP contribution in [0, 0.1) is 5.82 Å². The molecule has 0 bridgehead atoms. The maximum absolute atomic E-state index is 13.3. The van der Waals surface area contributed by atoms with Crippen LogP contribution < -0.4 is 10.5 Å². The summed E-state index contributed by atoms with van der Waals surface area (Å²) in [5.74, 6) is 0.123. The molecule has 0 amide bonds. The van der Waals surface area contributed by atoms with Crippen molar-refractivity contribution in [3.05, 3.63) is 47.2 Å². The summed E-state index contributed by atoms with van der Waals surface area (Å²) in [5.41, 5.74) is 7.11. The lowest BCUT2D eigenvalue weighted by Crippen LogP contribution is -1.91. The van der Waals surface area contributed by atoms with E-state index in [0.717, 1.165) is 11.1 Å². The molecule has 0 atom stereocenters. The number of rotatable bonds is 2. The van der Waals surface area contributed by atoms with E-state index in [9.17, 15) is 4.39 Å². The summed E-state index contributed by atoms with van der Waals surface area (Å²) in [7, 11) is 1.54. The third-order valence-corrected chi connectivity index (χ3v) is 2.80. The van der Waals surface area contributed by atoms with Crippen LogP contribution in [-0.2, 0) is 0 Å². The predicted molar refractivity (Wildman–Crippen MR) is 67.8 cm³/mol. The number of nitrogen functional groups attached to an aromatic ring is 1. The lowest BCUT2D eigenvalue weighted by molar-refractivity contribution is 0.415. The van der Waals surface area contributed by atoms with Gasteiger partial charge in [0.2, 0.25) is 0 Å².